The van der Waals surface area contributed by atoms with Gasteiger partial charge in [-0.25, -0.2) is 4.39 Å². The van der Waals surface area contributed by atoms with Crippen LogP contribution in [0.4, 0.5) is 4.39 Å². The first kappa shape index (κ1) is 12.4. The first-order valence-corrected chi connectivity index (χ1v) is 5.43. The normalized spacial score (nSPS) is 12.8. The lowest BCUT2D eigenvalue weighted by molar-refractivity contribution is 0.587. The number of unbranched alkanes of at least 4 members (excludes halogenated alkanes) is 1. The van der Waals surface area contributed by atoms with Gasteiger partial charge in [0.05, 0.1) is 5.02 Å². The van der Waals surface area contributed by atoms with Crippen molar-refractivity contribution in [2.45, 2.75) is 25.3 Å². The van der Waals surface area contributed by atoms with Gasteiger partial charge in [0.1, 0.15) is 5.82 Å². The summed E-state index contributed by atoms with van der Waals surface area (Å²) in [5.74, 6) is -0.408. The van der Waals surface area contributed by atoms with Crippen LogP contribution in [0.1, 0.15) is 30.9 Å². The quantitative estimate of drug-likeness (QED) is 0.764. The molecule has 15 heavy (non-hydrogen) atoms. The molecule has 0 saturated carbocycles. The molecule has 4 heteroatoms. The van der Waals surface area contributed by atoms with Gasteiger partial charge in [0.2, 0.25) is 0 Å². The average molecular weight is 231 g/mol. The second-order valence-corrected chi connectivity index (χ2v) is 3.97. The SMILES string of the molecule is NCCCC[C@H](N)c1ccc(F)c(Cl)c1. The first-order chi connectivity index (χ1) is 7.15. The summed E-state index contributed by atoms with van der Waals surface area (Å²) in [4.78, 5) is 0. The Hall–Kier alpha value is -0.640. The minimum absolute atomic E-state index is 0.0883. The third-order valence-corrected chi connectivity index (χ3v) is 2.63. The smallest absolute Gasteiger partial charge is 0.141 e. The van der Waals surface area contributed by atoms with Gasteiger partial charge in [-0.1, -0.05) is 24.1 Å². The third kappa shape index (κ3) is 3.78. The van der Waals surface area contributed by atoms with E-state index in [-0.39, 0.29) is 11.1 Å². The molecule has 0 aromatic heterocycles. The molecule has 0 heterocycles. The zero-order valence-electron chi connectivity index (χ0n) is 8.55. The van der Waals surface area contributed by atoms with E-state index < -0.39 is 5.82 Å². The molecule has 1 atom stereocenters. The zero-order valence-corrected chi connectivity index (χ0v) is 9.30. The molecule has 0 radical (unpaired) electrons. The van der Waals surface area contributed by atoms with Crippen molar-refractivity contribution in [3.63, 3.8) is 0 Å². The lowest BCUT2D eigenvalue weighted by Gasteiger charge is -2.12. The molecule has 0 fully saturated rings. The third-order valence-electron chi connectivity index (χ3n) is 2.34. The molecule has 84 valence electrons. The van der Waals surface area contributed by atoms with Crippen molar-refractivity contribution in [1.82, 2.24) is 0 Å². The largest absolute Gasteiger partial charge is 0.330 e. The van der Waals surface area contributed by atoms with E-state index in [0.717, 1.165) is 24.8 Å². The molecule has 1 aromatic rings. The van der Waals surface area contributed by atoms with Crippen molar-refractivity contribution in [2.24, 2.45) is 11.5 Å². The first-order valence-electron chi connectivity index (χ1n) is 5.05. The van der Waals surface area contributed by atoms with Crippen LogP contribution in [0, 0.1) is 5.82 Å². The lowest BCUT2D eigenvalue weighted by atomic mass is 10.0. The Morgan fingerprint density at radius 3 is 2.67 bits per heavy atom. The summed E-state index contributed by atoms with van der Waals surface area (Å²) in [6, 6.07) is 4.52. The molecule has 0 bridgehead atoms. The Kier molecular flexibility index (Phi) is 5.02. The maximum atomic E-state index is 12.9. The monoisotopic (exact) mass is 230 g/mol. The van der Waals surface area contributed by atoms with Gasteiger partial charge in [-0.3, -0.25) is 0 Å². The van der Waals surface area contributed by atoms with Crippen molar-refractivity contribution in [3.8, 4) is 0 Å². The molecule has 4 N–H and O–H groups in total. The van der Waals surface area contributed by atoms with Crippen LogP contribution in [0.2, 0.25) is 5.02 Å². The summed E-state index contributed by atoms with van der Waals surface area (Å²) in [5.41, 5.74) is 12.2. The number of hydrogen-bond donors (Lipinski definition) is 2. The summed E-state index contributed by atoms with van der Waals surface area (Å²) >= 11 is 5.67. The standard InChI is InChI=1S/C11H16ClFN2/c12-9-7-8(4-5-10(9)13)11(15)3-1-2-6-14/h4-5,7,11H,1-3,6,14-15H2/t11-/m0/s1. The molecule has 1 aromatic carbocycles. The topological polar surface area (TPSA) is 52.0 Å². The predicted octanol–water partition coefficient (Wildman–Crippen LogP) is 2.61. The Balaban J connectivity index is 2.57. The van der Waals surface area contributed by atoms with Crippen LogP contribution in [-0.4, -0.2) is 6.54 Å². The van der Waals surface area contributed by atoms with Crippen molar-refractivity contribution < 1.29 is 4.39 Å². The van der Waals surface area contributed by atoms with Crippen LogP contribution in [-0.2, 0) is 0 Å². The Labute approximate surface area is 94.4 Å². The molecular weight excluding hydrogens is 215 g/mol. The van der Waals surface area contributed by atoms with Gasteiger partial charge in [-0.05, 0) is 37.1 Å². The molecule has 0 aliphatic heterocycles. The Morgan fingerprint density at radius 1 is 1.33 bits per heavy atom. The second-order valence-electron chi connectivity index (χ2n) is 3.56. The van der Waals surface area contributed by atoms with Crippen LogP contribution < -0.4 is 11.5 Å². The number of benzene rings is 1. The van der Waals surface area contributed by atoms with E-state index in [1.165, 1.54) is 6.07 Å². The minimum atomic E-state index is -0.408. The van der Waals surface area contributed by atoms with E-state index in [2.05, 4.69) is 0 Å². The fourth-order valence-electron chi connectivity index (χ4n) is 1.42. The molecule has 1 rings (SSSR count). The molecule has 0 unspecified atom stereocenters. The molecule has 0 aliphatic rings. The van der Waals surface area contributed by atoms with E-state index in [1.807, 2.05) is 0 Å². The van der Waals surface area contributed by atoms with E-state index in [9.17, 15) is 4.39 Å². The van der Waals surface area contributed by atoms with Gasteiger partial charge in [0.25, 0.3) is 0 Å². The maximum absolute atomic E-state index is 12.9. The second kappa shape index (κ2) is 6.05. The Morgan fingerprint density at radius 2 is 2.07 bits per heavy atom. The van der Waals surface area contributed by atoms with E-state index in [4.69, 9.17) is 23.1 Å². The van der Waals surface area contributed by atoms with Gasteiger partial charge < -0.3 is 11.5 Å². The van der Waals surface area contributed by atoms with Crippen LogP contribution >= 0.6 is 11.6 Å². The number of rotatable bonds is 5. The molecular formula is C11H16ClFN2. The highest BCUT2D eigenvalue weighted by Crippen LogP contribution is 2.22. The predicted molar refractivity (Wildman–Crippen MR) is 61.2 cm³/mol. The number of halogens is 2. The molecule has 0 spiro atoms. The fraction of sp³-hybridized carbons (Fsp3) is 0.455. The van der Waals surface area contributed by atoms with E-state index >= 15 is 0 Å². The van der Waals surface area contributed by atoms with Gasteiger partial charge >= 0.3 is 0 Å². The molecule has 0 amide bonds. The Bertz CT molecular complexity index is 317. The summed E-state index contributed by atoms with van der Waals surface area (Å²) in [6.45, 7) is 0.677. The van der Waals surface area contributed by atoms with Crippen LogP contribution in [0.25, 0.3) is 0 Å². The molecule has 2 nitrogen and oxygen atoms in total. The number of hydrogen-bond acceptors (Lipinski definition) is 2. The van der Waals surface area contributed by atoms with Gasteiger partial charge in [-0.15, -0.1) is 0 Å². The van der Waals surface area contributed by atoms with Crippen molar-refractivity contribution in [3.05, 3.63) is 34.6 Å². The lowest BCUT2D eigenvalue weighted by Crippen LogP contribution is -2.11. The van der Waals surface area contributed by atoms with Gasteiger partial charge in [0, 0.05) is 6.04 Å². The number of nitrogens with two attached hydrogens (primary N) is 2. The zero-order chi connectivity index (χ0) is 11.3. The molecule has 0 aliphatic carbocycles. The van der Waals surface area contributed by atoms with E-state index in [1.54, 1.807) is 12.1 Å². The van der Waals surface area contributed by atoms with Crippen molar-refractivity contribution in [2.75, 3.05) is 6.54 Å². The highest BCUT2D eigenvalue weighted by molar-refractivity contribution is 6.30. The highest BCUT2D eigenvalue weighted by atomic mass is 35.5. The van der Waals surface area contributed by atoms with E-state index in [0.29, 0.717) is 6.54 Å². The summed E-state index contributed by atoms with van der Waals surface area (Å²) in [5, 5.41) is 0.127. The minimum Gasteiger partial charge on any atom is -0.330 e. The highest BCUT2D eigenvalue weighted by Gasteiger charge is 2.08. The average Bonchev–Trinajstić information content (AvgIpc) is 2.22. The van der Waals surface area contributed by atoms with Crippen LogP contribution in [0.5, 0.6) is 0 Å². The van der Waals surface area contributed by atoms with Crippen molar-refractivity contribution in [1.29, 1.82) is 0 Å². The van der Waals surface area contributed by atoms with Crippen molar-refractivity contribution >= 4 is 11.6 Å². The summed E-state index contributed by atoms with van der Waals surface area (Å²) in [7, 11) is 0. The van der Waals surface area contributed by atoms with Crippen LogP contribution in [0.15, 0.2) is 18.2 Å². The summed E-state index contributed by atoms with van der Waals surface area (Å²) in [6.07, 6.45) is 2.79. The van der Waals surface area contributed by atoms with Gasteiger partial charge in [0.15, 0.2) is 0 Å². The summed E-state index contributed by atoms with van der Waals surface area (Å²) < 4.78 is 12.9. The fourth-order valence-corrected chi connectivity index (χ4v) is 1.61. The van der Waals surface area contributed by atoms with Gasteiger partial charge in [-0.2, -0.15) is 0 Å². The molecule has 0 saturated heterocycles. The van der Waals surface area contributed by atoms with Crippen LogP contribution in [0.3, 0.4) is 0 Å². The maximum Gasteiger partial charge on any atom is 0.141 e.